The molecule has 4 nitrogen and oxygen atoms in total. The number of methoxy groups -OCH3 is 1. The lowest BCUT2D eigenvalue weighted by Crippen LogP contribution is -2.27. The van der Waals surface area contributed by atoms with Crippen LogP contribution in [0.15, 0.2) is 45.8 Å². The van der Waals surface area contributed by atoms with Gasteiger partial charge in [0.15, 0.2) is 0 Å². The lowest BCUT2D eigenvalue weighted by Gasteiger charge is -2.13. The average molecular weight is 473 g/mol. The molecule has 0 unspecified atom stereocenters. The molecule has 0 radical (unpaired) electrons. The Bertz CT molecular complexity index is 933. The number of carbonyl (C=O) groups is 2. The summed E-state index contributed by atoms with van der Waals surface area (Å²) < 4.78 is 5.95. The van der Waals surface area contributed by atoms with Gasteiger partial charge in [-0.05, 0) is 69.2 Å². The van der Waals surface area contributed by atoms with Gasteiger partial charge in [-0.1, -0.05) is 35.3 Å². The molecule has 1 aliphatic rings. The summed E-state index contributed by atoms with van der Waals surface area (Å²) in [5.41, 5.74) is 1.44. The van der Waals surface area contributed by atoms with E-state index >= 15 is 0 Å². The molecule has 2 amide bonds. The Balaban J connectivity index is 1.83. The molecule has 0 saturated carbocycles. The Hall–Kier alpha value is -1.47. The van der Waals surface area contributed by atoms with Gasteiger partial charge in [0.25, 0.3) is 11.1 Å². The Morgan fingerprint density at radius 3 is 2.62 bits per heavy atom. The predicted molar refractivity (Wildman–Crippen MR) is 109 cm³/mol. The van der Waals surface area contributed by atoms with E-state index in [9.17, 15) is 9.59 Å². The highest BCUT2D eigenvalue weighted by atomic mass is 79.9. The first-order chi connectivity index (χ1) is 12.4. The summed E-state index contributed by atoms with van der Waals surface area (Å²) in [6.45, 7) is 0.102. The molecule has 134 valence electrons. The summed E-state index contributed by atoms with van der Waals surface area (Å²) in [6, 6.07) is 10.4. The standard InChI is InChI=1S/C18H12BrCl2NO3S/c1-25-15-5-2-10(6-13(15)19)7-16-17(23)22(18(24)26-16)9-11-3-4-12(20)8-14(11)21/h2-8H,9H2,1H3/b16-7+. The number of benzene rings is 2. The van der Waals surface area contributed by atoms with Crippen LogP contribution < -0.4 is 4.74 Å². The van der Waals surface area contributed by atoms with Crippen molar-refractivity contribution in [1.82, 2.24) is 4.90 Å². The Morgan fingerprint density at radius 2 is 1.96 bits per heavy atom. The minimum absolute atomic E-state index is 0.102. The highest BCUT2D eigenvalue weighted by Crippen LogP contribution is 2.35. The van der Waals surface area contributed by atoms with Crippen LogP contribution in [0.4, 0.5) is 4.79 Å². The second-order valence-electron chi connectivity index (χ2n) is 5.40. The second-order valence-corrected chi connectivity index (χ2v) is 8.09. The fourth-order valence-corrected chi connectivity index (χ4v) is 4.25. The number of imide groups is 1. The maximum absolute atomic E-state index is 12.6. The van der Waals surface area contributed by atoms with E-state index in [4.69, 9.17) is 27.9 Å². The molecule has 2 aromatic rings. The maximum atomic E-state index is 12.6. The number of hydrogen-bond donors (Lipinski definition) is 0. The van der Waals surface area contributed by atoms with Crippen molar-refractivity contribution in [2.24, 2.45) is 0 Å². The van der Waals surface area contributed by atoms with Crippen LogP contribution in [0.25, 0.3) is 6.08 Å². The number of halogens is 3. The van der Waals surface area contributed by atoms with Gasteiger partial charge in [-0.25, -0.2) is 0 Å². The number of nitrogens with zero attached hydrogens (tertiary/aromatic N) is 1. The largest absolute Gasteiger partial charge is 0.496 e. The smallest absolute Gasteiger partial charge is 0.293 e. The van der Waals surface area contributed by atoms with E-state index in [1.807, 2.05) is 12.1 Å². The van der Waals surface area contributed by atoms with Gasteiger partial charge < -0.3 is 4.74 Å². The third-order valence-electron chi connectivity index (χ3n) is 3.69. The minimum atomic E-state index is -0.349. The lowest BCUT2D eigenvalue weighted by molar-refractivity contribution is -0.123. The molecule has 0 N–H and O–H groups in total. The van der Waals surface area contributed by atoms with Crippen molar-refractivity contribution in [3.8, 4) is 5.75 Å². The van der Waals surface area contributed by atoms with Gasteiger partial charge in [-0.2, -0.15) is 0 Å². The van der Waals surface area contributed by atoms with Crippen LogP contribution in [0, 0.1) is 0 Å². The van der Waals surface area contributed by atoms with Gasteiger partial charge >= 0.3 is 0 Å². The topological polar surface area (TPSA) is 46.6 Å². The third kappa shape index (κ3) is 4.09. The quantitative estimate of drug-likeness (QED) is 0.512. The minimum Gasteiger partial charge on any atom is -0.496 e. The molecular formula is C18H12BrCl2NO3S. The highest BCUT2D eigenvalue weighted by molar-refractivity contribution is 9.10. The molecule has 0 atom stereocenters. The maximum Gasteiger partial charge on any atom is 0.293 e. The van der Waals surface area contributed by atoms with Gasteiger partial charge in [0.2, 0.25) is 0 Å². The molecule has 0 bridgehead atoms. The molecule has 0 aliphatic carbocycles. The fraction of sp³-hybridized carbons (Fsp3) is 0.111. The first kappa shape index (κ1) is 19.3. The summed E-state index contributed by atoms with van der Waals surface area (Å²) in [6.07, 6.45) is 1.68. The lowest BCUT2D eigenvalue weighted by atomic mass is 10.2. The van der Waals surface area contributed by atoms with E-state index in [1.54, 1.807) is 37.5 Å². The number of hydrogen-bond acceptors (Lipinski definition) is 4. The molecule has 1 saturated heterocycles. The highest BCUT2D eigenvalue weighted by Gasteiger charge is 2.35. The van der Waals surface area contributed by atoms with E-state index in [1.165, 1.54) is 4.90 Å². The van der Waals surface area contributed by atoms with E-state index in [0.717, 1.165) is 21.8 Å². The van der Waals surface area contributed by atoms with Crippen LogP contribution >= 0.6 is 50.9 Å². The van der Waals surface area contributed by atoms with Crippen LogP contribution in [0.2, 0.25) is 10.0 Å². The van der Waals surface area contributed by atoms with Gasteiger partial charge in [-0.15, -0.1) is 0 Å². The number of amides is 2. The van der Waals surface area contributed by atoms with Crippen molar-refractivity contribution < 1.29 is 14.3 Å². The molecule has 0 aromatic heterocycles. The first-order valence-electron chi connectivity index (χ1n) is 7.42. The van der Waals surface area contributed by atoms with Crippen LogP contribution in [0.5, 0.6) is 5.75 Å². The number of thioether (sulfide) groups is 1. The number of ether oxygens (including phenoxy) is 1. The molecular weight excluding hydrogens is 461 g/mol. The Kier molecular flexibility index (Phi) is 5.97. The van der Waals surface area contributed by atoms with Gasteiger partial charge in [0.1, 0.15) is 5.75 Å². The normalized spacial score (nSPS) is 15.8. The molecule has 1 fully saturated rings. The summed E-state index contributed by atoms with van der Waals surface area (Å²) in [5, 5.41) is 0.581. The van der Waals surface area contributed by atoms with Crippen molar-refractivity contribution in [2.45, 2.75) is 6.54 Å². The number of rotatable bonds is 4. The molecule has 8 heteroatoms. The summed E-state index contributed by atoms with van der Waals surface area (Å²) >= 11 is 16.3. The summed E-state index contributed by atoms with van der Waals surface area (Å²) in [4.78, 5) is 26.4. The first-order valence-corrected chi connectivity index (χ1v) is 9.78. The van der Waals surface area contributed by atoms with E-state index in [-0.39, 0.29) is 17.7 Å². The molecule has 1 heterocycles. The van der Waals surface area contributed by atoms with Crippen molar-refractivity contribution in [3.63, 3.8) is 0 Å². The molecule has 1 aliphatic heterocycles. The molecule has 2 aromatic carbocycles. The van der Waals surface area contributed by atoms with Gasteiger partial charge in [-0.3, -0.25) is 14.5 Å². The third-order valence-corrected chi connectivity index (χ3v) is 5.80. The van der Waals surface area contributed by atoms with E-state index in [0.29, 0.717) is 26.3 Å². The SMILES string of the molecule is COc1ccc(/C=C2/SC(=O)N(Cc3ccc(Cl)cc3Cl)C2=O)cc1Br. The zero-order valence-corrected chi connectivity index (χ0v) is 17.4. The number of carbonyl (C=O) groups excluding carboxylic acids is 2. The van der Waals surface area contributed by atoms with Crippen LogP contribution in [0.1, 0.15) is 11.1 Å². The zero-order valence-electron chi connectivity index (χ0n) is 13.5. The Morgan fingerprint density at radius 1 is 1.19 bits per heavy atom. The summed E-state index contributed by atoms with van der Waals surface area (Å²) in [5.74, 6) is 0.339. The monoisotopic (exact) mass is 471 g/mol. The van der Waals surface area contributed by atoms with Gasteiger partial charge in [0, 0.05) is 10.0 Å². The van der Waals surface area contributed by atoms with Crippen molar-refractivity contribution in [3.05, 3.63) is 66.9 Å². The second kappa shape index (κ2) is 8.05. The average Bonchev–Trinajstić information content (AvgIpc) is 2.84. The Labute approximate surface area is 173 Å². The van der Waals surface area contributed by atoms with Gasteiger partial charge in [0.05, 0.1) is 23.0 Å². The summed E-state index contributed by atoms with van der Waals surface area (Å²) in [7, 11) is 1.58. The zero-order chi connectivity index (χ0) is 18.8. The van der Waals surface area contributed by atoms with E-state index < -0.39 is 0 Å². The van der Waals surface area contributed by atoms with Crippen LogP contribution in [0.3, 0.4) is 0 Å². The van der Waals surface area contributed by atoms with Crippen molar-refractivity contribution in [1.29, 1.82) is 0 Å². The molecule has 3 rings (SSSR count). The van der Waals surface area contributed by atoms with Crippen molar-refractivity contribution >= 4 is 68.1 Å². The molecule has 0 spiro atoms. The fourth-order valence-electron chi connectivity index (χ4n) is 2.38. The van der Waals surface area contributed by atoms with Crippen LogP contribution in [-0.2, 0) is 11.3 Å². The van der Waals surface area contributed by atoms with Crippen molar-refractivity contribution in [2.75, 3.05) is 7.11 Å². The van der Waals surface area contributed by atoms with Crippen LogP contribution in [-0.4, -0.2) is 23.2 Å². The molecule has 26 heavy (non-hydrogen) atoms. The van der Waals surface area contributed by atoms with E-state index in [2.05, 4.69) is 15.9 Å². The predicted octanol–water partition coefficient (Wildman–Crippen LogP) is 6.00.